The minimum absolute atomic E-state index is 0.0430. The Labute approximate surface area is 155 Å². The van der Waals surface area contributed by atoms with Crippen LogP contribution in [0.5, 0.6) is 0 Å². The molecule has 1 unspecified atom stereocenters. The molecule has 2 aliphatic rings. The highest BCUT2D eigenvalue weighted by Gasteiger charge is 2.34. The highest BCUT2D eigenvalue weighted by molar-refractivity contribution is 7.91. The summed E-state index contributed by atoms with van der Waals surface area (Å²) in [5.41, 5.74) is 0.266. The summed E-state index contributed by atoms with van der Waals surface area (Å²) in [7, 11) is -3.03. The summed E-state index contributed by atoms with van der Waals surface area (Å²) in [5, 5.41) is 11.7. The van der Waals surface area contributed by atoms with Crippen LogP contribution in [0.4, 0.5) is 5.82 Å². The van der Waals surface area contributed by atoms with Crippen LogP contribution in [-0.2, 0) is 9.84 Å². The van der Waals surface area contributed by atoms with Crippen molar-refractivity contribution in [1.82, 2.24) is 15.1 Å². The first kappa shape index (κ1) is 19.1. The van der Waals surface area contributed by atoms with Crippen molar-refractivity contribution in [2.75, 3.05) is 23.4 Å². The first-order valence-corrected chi connectivity index (χ1v) is 11.4. The van der Waals surface area contributed by atoms with E-state index in [9.17, 15) is 13.2 Å². The maximum atomic E-state index is 12.7. The third kappa shape index (κ3) is 4.72. The van der Waals surface area contributed by atoms with Gasteiger partial charge in [0.05, 0.1) is 11.5 Å². The molecule has 1 amide bonds. The maximum absolute atomic E-state index is 12.7. The van der Waals surface area contributed by atoms with E-state index in [2.05, 4.69) is 15.5 Å². The molecule has 2 fully saturated rings. The number of aromatic nitrogens is 2. The van der Waals surface area contributed by atoms with Crippen LogP contribution < -0.4 is 5.32 Å². The monoisotopic (exact) mass is 380 g/mol. The van der Waals surface area contributed by atoms with E-state index in [1.165, 1.54) is 25.7 Å². The summed E-state index contributed by atoms with van der Waals surface area (Å²) in [6.07, 6.45) is 7.83. The largest absolute Gasteiger partial charge is 0.366 e. The van der Waals surface area contributed by atoms with Gasteiger partial charge in [-0.2, -0.15) is 0 Å². The van der Waals surface area contributed by atoms with Crippen molar-refractivity contribution in [3.8, 4) is 0 Å². The van der Waals surface area contributed by atoms with Crippen molar-refractivity contribution >= 4 is 21.6 Å². The van der Waals surface area contributed by atoms with E-state index in [0.717, 1.165) is 12.8 Å². The van der Waals surface area contributed by atoms with Crippen molar-refractivity contribution in [3.63, 3.8) is 0 Å². The fraction of sp³-hybridized carbons (Fsp3) is 0.722. The number of hydrogen-bond donors (Lipinski definition) is 1. The van der Waals surface area contributed by atoms with Crippen LogP contribution in [0.1, 0.15) is 62.4 Å². The molecule has 8 heteroatoms. The molecule has 1 aliphatic carbocycles. The number of anilines is 1. The van der Waals surface area contributed by atoms with Gasteiger partial charge in [0.1, 0.15) is 5.82 Å². The van der Waals surface area contributed by atoms with Crippen molar-refractivity contribution in [1.29, 1.82) is 0 Å². The summed E-state index contributed by atoms with van der Waals surface area (Å²) in [6.45, 7) is 2.32. The SMILES string of the molecule is CCN(C(=O)c1ccc(NC2CCCCCC2)nn1)C1CCS(=O)(=O)C1. The van der Waals surface area contributed by atoms with Gasteiger partial charge in [0, 0.05) is 18.6 Å². The predicted octanol–water partition coefficient (Wildman–Crippen LogP) is 2.26. The second-order valence-corrected chi connectivity index (χ2v) is 9.51. The molecular weight excluding hydrogens is 352 g/mol. The Morgan fingerprint density at radius 3 is 2.42 bits per heavy atom. The molecule has 26 heavy (non-hydrogen) atoms. The molecule has 144 valence electrons. The van der Waals surface area contributed by atoms with Gasteiger partial charge in [-0.25, -0.2) is 8.42 Å². The van der Waals surface area contributed by atoms with E-state index in [-0.39, 0.29) is 29.1 Å². The van der Waals surface area contributed by atoms with E-state index < -0.39 is 9.84 Å². The predicted molar refractivity (Wildman–Crippen MR) is 101 cm³/mol. The smallest absolute Gasteiger partial charge is 0.274 e. The lowest BCUT2D eigenvalue weighted by Gasteiger charge is -2.26. The molecule has 1 saturated heterocycles. The number of amides is 1. The number of nitrogens with one attached hydrogen (secondary N) is 1. The Morgan fingerprint density at radius 1 is 1.15 bits per heavy atom. The van der Waals surface area contributed by atoms with Crippen LogP contribution in [0.2, 0.25) is 0 Å². The third-order valence-electron chi connectivity index (χ3n) is 5.34. The summed E-state index contributed by atoms with van der Waals surface area (Å²) in [6, 6.07) is 3.64. The van der Waals surface area contributed by atoms with Crippen molar-refractivity contribution in [2.45, 2.75) is 64.0 Å². The maximum Gasteiger partial charge on any atom is 0.274 e. The molecule has 1 atom stereocenters. The lowest BCUT2D eigenvalue weighted by Crippen LogP contribution is -2.41. The number of sulfone groups is 1. The standard InChI is InChI=1S/C18H28N4O3S/c1-2-22(15-11-12-26(24,25)13-15)18(23)16-9-10-17(21-20-16)19-14-7-5-3-4-6-8-14/h9-10,14-15H,2-8,11-13H2,1H3,(H,19,21). The molecule has 2 heterocycles. The summed E-state index contributed by atoms with van der Waals surface area (Å²) in [5.74, 6) is 0.640. The molecule has 1 aliphatic heterocycles. The molecule has 1 N–H and O–H groups in total. The normalized spacial score (nSPS) is 23.3. The molecule has 1 aromatic rings. The van der Waals surface area contributed by atoms with Gasteiger partial charge < -0.3 is 10.2 Å². The lowest BCUT2D eigenvalue weighted by atomic mass is 10.1. The molecule has 0 radical (unpaired) electrons. The van der Waals surface area contributed by atoms with E-state index in [1.54, 1.807) is 17.0 Å². The highest BCUT2D eigenvalue weighted by Crippen LogP contribution is 2.21. The summed E-state index contributed by atoms with van der Waals surface area (Å²) < 4.78 is 23.4. The zero-order valence-corrected chi connectivity index (χ0v) is 16.2. The van der Waals surface area contributed by atoms with Gasteiger partial charge in [-0.15, -0.1) is 10.2 Å². The average Bonchev–Trinajstić information content (AvgIpc) is 2.82. The summed E-state index contributed by atoms with van der Waals surface area (Å²) in [4.78, 5) is 14.3. The quantitative estimate of drug-likeness (QED) is 0.788. The number of hydrogen-bond acceptors (Lipinski definition) is 6. The van der Waals surface area contributed by atoms with Gasteiger partial charge in [0.25, 0.3) is 5.91 Å². The van der Waals surface area contributed by atoms with E-state index >= 15 is 0 Å². The Morgan fingerprint density at radius 2 is 1.88 bits per heavy atom. The lowest BCUT2D eigenvalue weighted by molar-refractivity contribution is 0.0701. The molecular formula is C18H28N4O3S. The zero-order valence-electron chi connectivity index (χ0n) is 15.4. The average molecular weight is 381 g/mol. The number of nitrogens with zero attached hydrogens (tertiary/aromatic N) is 3. The number of carbonyl (C=O) groups excluding carboxylic acids is 1. The fourth-order valence-corrected chi connectivity index (χ4v) is 5.62. The Balaban J connectivity index is 1.64. The molecule has 3 rings (SSSR count). The van der Waals surface area contributed by atoms with Crippen molar-refractivity contribution in [3.05, 3.63) is 17.8 Å². The van der Waals surface area contributed by atoms with Crippen molar-refractivity contribution < 1.29 is 13.2 Å². The molecule has 0 aromatic carbocycles. The zero-order chi connectivity index (χ0) is 18.6. The van der Waals surface area contributed by atoms with Crippen LogP contribution in [0.15, 0.2) is 12.1 Å². The van der Waals surface area contributed by atoms with Crippen LogP contribution in [0, 0.1) is 0 Å². The summed E-state index contributed by atoms with van der Waals surface area (Å²) >= 11 is 0. The molecule has 0 bridgehead atoms. The van der Waals surface area contributed by atoms with Crippen molar-refractivity contribution in [2.24, 2.45) is 0 Å². The molecule has 0 spiro atoms. The second-order valence-electron chi connectivity index (χ2n) is 7.28. The Kier molecular flexibility index (Phi) is 6.11. The first-order valence-electron chi connectivity index (χ1n) is 9.60. The third-order valence-corrected chi connectivity index (χ3v) is 7.09. The highest BCUT2D eigenvalue weighted by atomic mass is 32.2. The fourth-order valence-electron chi connectivity index (χ4n) is 3.89. The first-order chi connectivity index (χ1) is 12.5. The van der Waals surface area contributed by atoms with Gasteiger partial charge in [-0.05, 0) is 38.3 Å². The van der Waals surface area contributed by atoms with E-state index in [4.69, 9.17) is 0 Å². The molecule has 1 aromatic heterocycles. The van der Waals surface area contributed by atoms with Gasteiger partial charge in [0.2, 0.25) is 0 Å². The minimum atomic E-state index is -3.03. The van der Waals surface area contributed by atoms with Gasteiger partial charge in [-0.1, -0.05) is 25.7 Å². The number of carbonyl (C=O) groups is 1. The van der Waals surface area contributed by atoms with Gasteiger partial charge >= 0.3 is 0 Å². The van der Waals surface area contributed by atoms with Crippen LogP contribution in [0.3, 0.4) is 0 Å². The Bertz CT molecular complexity index is 712. The molecule has 7 nitrogen and oxygen atoms in total. The van der Waals surface area contributed by atoms with Crippen LogP contribution >= 0.6 is 0 Å². The van der Waals surface area contributed by atoms with E-state index in [0.29, 0.717) is 24.8 Å². The molecule has 1 saturated carbocycles. The topological polar surface area (TPSA) is 92.3 Å². The number of rotatable bonds is 5. The van der Waals surface area contributed by atoms with Gasteiger partial charge in [0.15, 0.2) is 15.5 Å². The Hall–Kier alpha value is -1.70. The van der Waals surface area contributed by atoms with E-state index in [1.807, 2.05) is 6.92 Å². The minimum Gasteiger partial charge on any atom is -0.366 e. The second kappa shape index (κ2) is 8.33. The van der Waals surface area contributed by atoms with Gasteiger partial charge in [-0.3, -0.25) is 4.79 Å². The van der Waals surface area contributed by atoms with Crippen LogP contribution in [-0.4, -0.2) is 59.6 Å². The van der Waals surface area contributed by atoms with Crippen LogP contribution in [0.25, 0.3) is 0 Å².